The van der Waals surface area contributed by atoms with Gasteiger partial charge in [0, 0.05) is 0 Å². The summed E-state index contributed by atoms with van der Waals surface area (Å²) in [6.07, 6.45) is 11.0. The van der Waals surface area contributed by atoms with Crippen molar-refractivity contribution in [2.45, 2.75) is 58.8 Å². The molecule has 90 valence electrons. The molecular formula is C16H26. The average molecular weight is 218 g/mol. The zero-order valence-electron chi connectivity index (χ0n) is 10.9. The quantitative estimate of drug-likeness (QED) is 0.599. The van der Waals surface area contributed by atoms with Gasteiger partial charge in [0.05, 0.1) is 0 Å². The van der Waals surface area contributed by atoms with E-state index in [0.29, 0.717) is 0 Å². The molecule has 4 rings (SSSR count). The molecule has 0 heteroatoms. The summed E-state index contributed by atoms with van der Waals surface area (Å²) in [5, 5.41) is 0. The van der Waals surface area contributed by atoms with E-state index in [1.165, 1.54) is 36.5 Å². The first-order valence-corrected chi connectivity index (χ1v) is 7.73. The molecule has 0 amide bonds. The van der Waals surface area contributed by atoms with Gasteiger partial charge in [-0.2, -0.15) is 0 Å². The van der Waals surface area contributed by atoms with Gasteiger partial charge in [0.1, 0.15) is 0 Å². The molecule has 4 saturated carbocycles. The molecule has 0 aliphatic heterocycles. The van der Waals surface area contributed by atoms with Gasteiger partial charge in [-0.25, -0.2) is 0 Å². The molecule has 0 N–H and O–H groups in total. The molecule has 0 nitrogen and oxygen atoms in total. The smallest absolute Gasteiger partial charge is 0.0292 e. The van der Waals surface area contributed by atoms with Crippen LogP contribution in [0.15, 0.2) is 0 Å². The minimum absolute atomic E-state index is 0.755. The highest BCUT2D eigenvalue weighted by atomic mass is 14.7. The van der Waals surface area contributed by atoms with Crippen molar-refractivity contribution < 1.29 is 0 Å². The number of hydrogen-bond acceptors (Lipinski definition) is 0. The van der Waals surface area contributed by atoms with E-state index in [9.17, 15) is 0 Å². The molecule has 0 saturated heterocycles. The first-order valence-electron chi connectivity index (χ1n) is 7.73. The lowest BCUT2D eigenvalue weighted by atomic mass is 9.60. The summed E-state index contributed by atoms with van der Waals surface area (Å²) in [5.74, 6) is 7.03. The van der Waals surface area contributed by atoms with E-state index >= 15 is 0 Å². The molecule has 7 unspecified atom stereocenters. The molecule has 0 aromatic rings. The molecular weight excluding hydrogens is 192 g/mol. The van der Waals surface area contributed by atoms with Crippen molar-refractivity contribution >= 4 is 0 Å². The van der Waals surface area contributed by atoms with Crippen LogP contribution in [0.25, 0.3) is 0 Å². The van der Waals surface area contributed by atoms with Gasteiger partial charge in [-0.05, 0) is 79.4 Å². The van der Waals surface area contributed by atoms with Crippen molar-refractivity contribution in [3.63, 3.8) is 0 Å². The van der Waals surface area contributed by atoms with Crippen LogP contribution in [0.2, 0.25) is 0 Å². The van der Waals surface area contributed by atoms with Gasteiger partial charge >= 0.3 is 0 Å². The lowest BCUT2D eigenvalue weighted by Crippen LogP contribution is -2.38. The second-order valence-corrected chi connectivity index (χ2v) is 7.70. The van der Waals surface area contributed by atoms with Crippen molar-refractivity contribution in [2.24, 2.45) is 40.9 Å². The lowest BCUT2D eigenvalue weighted by Gasteiger charge is -2.45. The molecule has 4 aliphatic carbocycles. The fraction of sp³-hybridized carbons (Fsp3) is 1.00. The predicted octanol–water partition coefficient (Wildman–Crippen LogP) is 4.49. The van der Waals surface area contributed by atoms with Crippen LogP contribution in [0.5, 0.6) is 0 Å². The van der Waals surface area contributed by atoms with Crippen molar-refractivity contribution in [3.8, 4) is 0 Å². The Bertz CT molecular complexity index is 307. The van der Waals surface area contributed by atoms with Crippen LogP contribution in [0.3, 0.4) is 0 Å². The summed E-state index contributed by atoms with van der Waals surface area (Å²) in [6, 6.07) is 0. The van der Waals surface area contributed by atoms with E-state index in [4.69, 9.17) is 0 Å². The van der Waals surface area contributed by atoms with Gasteiger partial charge in [0.15, 0.2) is 0 Å². The maximum atomic E-state index is 2.63. The predicted molar refractivity (Wildman–Crippen MR) is 67.0 cm³/mol. The Labute approximate surface area is 100 Å². The summed E-state index contributed by atoms with van der Waals surface area (Å²) in [4.78, 5) is 0. The van der Waals surface area contributed by atoms with Crippen LogP contribution >= 0.6 is 0 Å². The molecule has 0 aromatic carbocycles. The van der Waals surface area contributed by atoms with Gasteiger partial charge in [-0.15, -0.1) is 0 Å². The van der Waals surface area contributed by atoms with Crippen LogP contribution in [0.1, 0.15) is 58.8 Å². The maximum absolute atomic E-state index is 2.63. The lowest BCUT2D eigenvalue weighted by molar-refractivity contribution is 0.0399. The Balaban J connectivity index is 1.65. The molecule has 4 aliphatic rings. The summed E-state index contributed by atoms with van der Waals surface area (Å²) in [5.41, 5.74) is 0.755. The highest BCUT2D eigenvalue weighted by Crippen LogP contribution is 2.72. The number of rotatable bonds is 2. The third-order valence-corrected chi connectivity index (χ3v) is 7.06. The minimum Gasteiger partial charge on any atom is -0.0654 e. The monoisotopic (exact) mass is 218 g/mol. The molecule has 0 aromatic heterocycles. The van der Waals surface area contributed by atoms with E-state index in [0.717, 1.165) is 17.3 Å². The van der Waals surface area contributed by atoms with E-state index in [-0.39, 0.29) is 0 Å². The first-order chi connectivity index (χ1) is 7.73. The maximum Gasteiger partial charge on any atom is -0.0292 e. The van der Waals surface area contributed by atoms with Crippen molar-refractivity contribution in [1.82, 2.24) is 0 Å². The third kappa shape index (κ3) is 1.03. The van der Waals surface area contributed by atoms with Crippen molar-refractivity contribution in [2.75, 3.05) is 0 Å². The molecule has 16 heavy (non-hydrogen) atoms. The normalized spacial score (nSPS) is 61.9. The Morgan fingerprint density at radius 1 is 1.00 bits per heavy atom. The van der Waals surface area contributed by atoms with Gasteiger partial charge < -0.3 is 0 Å². The van der Waals surface area contributed by atoms with E-state index in [1.54, 1.807) is 32.1 Å². The fourth-order valence-electron chi connectivity index (χ4n) is 6.89. The first kappa shape index (κ1) is 9.97. The van der Waals surface area contributed by atoms with E-state index in [2.05, 4.69) is 13.8 Å². The van der Waals surface area contributed by atoms with Gasteiger partial charge in [0.2, 0.25) is 0 Å². The third-order valence-electron chi connectivity index (χ3n) is 7.06. The molecule has 4 fully saturated rings. The Kier molecular flexibility index (Phi) is 1.91. The second-order valence-electron chi connectivity index (χ2n) is 7.70. The van der Waals surface area contributed by atoms with Crippen LogP contribution in [-0.4, -0.2) is 0 Å². The van der Waals surface area contributed by atoms with Crippen LogP contribution in [0.4, 0.5) is 0 Å². The highest BCUT2D eigenvalue weighted by Gasteiger charge is 2.64. The average Bonchev–Trinajstić information content (AvgIpc) is 2.91. The zero-order valence-corrected chi connectivity index (χ0v) is 10.9. The Morgan fingerprint density at radius 2 is 1.75 bits per heavy atom. The minimum atomic E-state index is 0.755. The van der Waals surface area contributed by atoms with E-state index in [1.807, 2.05) is 0 Å². The second kappa shape index (κ2) is 3.06. The summed E-state index contributed by atoms with van der Waals surface area (Å²) >= 11 is 0. The molecule has 0 radical (unpaired) electrons. The van der Waals surface area contributed by atoms with Crippen molar-refractivity contribution in [1.29, 1.82) is 0 Å². The number of hydrogen-bond donors (Lipinski definition) is 0. The zero-order chi connectivity index (χ0) is 10.9. The molecule has 0 spiro atoms. The van der Waals surface area contributed by atoms with Crippen molar-refractivity contribution in [3.05, 3.63) is 0 Å². The summed E-state index contributed by atoms with van der Waals surface area (Å²) in [6.45, 7) is 5.01. The van der Waals surface area contributed by atoms with Gasteiger partial charge in [-0.1, -0.05) is 20.3 Å². The number of fused-ring (bicyclic) bond motifs is 9. The summed E-state index contributed by atoms with van der Waals surface area (Å²) in [7, 11) is 0. The Morgan fingerprint density at radius 3 is 2.50 bits per heavy atom. The molecule has 4 bridgehead atoms. The fourth-order valence-corrected chi connectivity index (χ4v) is 6.89. The van der Waals surface area contributed by atoms with Crippen LogP contribution < -0.4 is 0 Å². The molecule has 0 heterocycles. The topological polar surface area (TPSA) is 0 Å². The standard InChI is InChI=1S/C16H26/c1-3-6-16(2)9-12-8-13(16)15-11-5-4-10(7-11)14(12)15/h10-15H,3-9H2,1-2H3. The summed E-state index contributed by atoms with van der Waals surface area (Å²) < 4.78 is 0. The van der Waals surface area contributed by atoms with Gasteiger partial charge in [-0.3, -0.25) is 0 Å². The molecule has 7 atom stereocenters. The van der Waals surface area contributed by atoms with Crippen LogP contribution in [0, 0.1) is 40.9 Å². The Hall–Kier alpha value is 0. The highest BCUT2D eigenvalue weighted by molar-refractivity contribution is 5.13. The van der Waals surface area contributed by atoms with Gasteiger partial charge in [0.25, 0.3) is 0 Å². The largest absolute Gasteiger partial charge is 0.0654 e. The van der Waals surface area contributed by atoms with Crippen LogP contribution in [-0.2, 0) is 0 Å². The van der Waals surface area contributed by atoms with E-state index < -0.39 is 0 Å². The SMILES string of the molecule is CCCC1(C)CC2CC1C1C3CCC(C3)C21.